The quantitative estimate of drug-likeness (QED) is 0.803. The van der Waals surface area contributed by atoms with Gasteiger partial charge in [-0.2, -0.15) is 0 Å². The number of hydrogen-bond donors (Lipinski definition) is 0. The maximum Gasteiger partial charge on any atom is 0.241 e. The number of hydrogen-bond acceptors (Lipinski definition) is 5. The molecule has 25 heavy (non-hydrogen) atoms. The van der Waals surface area contributed by atoms with Crippen molar-refractivity contribution in [2.45, 2.75) is 12.5 Å². The maximum absolute atomic E-state index is 12.7. The molecule has 0 fully saturated rings. The number of fused-ring (bicyclic) bond motifs is 1. The molecule has 0 bridgehead atoms. The van der Waals surface area contributed by atoms with Crippen LogP contribution in [0.1, 0.15) is 21.4 Å². The summed E-state index contributed by atoms with van der Waals surface area (Å²) >= 11 is 3.53. The number of nitrogens with zero attached hydrogens (tertiary/aromatic N) is 3. The Labute approximate surface area is 156 Å². The Hall–Kier alpha value is -1.70. The number of likely N-dealkylation sites (N-methyl/N-ethyl adjacent to an activating group) is 2. The van der Waals surface area contributed by atoms with Crippen molar-refractivity contribution in [2.75, 3.05) is 40.8 Å². The van der Waals surface area contributed by atoms with Gasteiger partial charge in [0, 0.05) is 37.4 Å². The molecule has 1 aliphatic rings. The van der Waals surface area contributed by atoms with E-state index in [2.05, 4.69) is 33.9 Å². The Morgan fingerprint density at radius 1 is 1.16 bits per heavy atom. The average molecular weight is 378 g/mol. The van der Waals surface area contributed by atoms with Gasteiger partial charge in [0.05, 0.1) is 19.1 Å². The van der Waals surface area contributed by atoms with E-state index in [0.717, 1.165) is 13.0 Å². The van der Waals surface area contributed by atoms with Crippen molar-refractivity contribution in [2.24, 2.45) is 0 Å². The first-order valence-corrected chi connectivity index (χ1v) is 10.0. The SMILES string of the molecule is CN(C)C(=O)CN(C)C(=O)CN1CCc2sccc2[C@H]1c1cccs1. The molecular formula is C18H23N3O2S2. The summed E-state index contributed by atoms with van der Waals surface area (Å²) in [6, 6.07) is 6.51. The highest BCUT2D eigenvalue weighted by atomic mass is 32.1. The topological polar surface area (TPSA) is 43.9 Å². The van der Waals surface area contributed by atoms with Crippen LogP contribution in [0.25, 0.3) is 0 Å². The minimum atomic E-state index is -0.0654. The predicted octanol–water partition coefficient (Wildman–Crippen LogP) is 2.30. The summed E-state index contributed by atoms with van der Waals surface area (Å²) < 4.78 is 0. The van der Waals surface area contributed by atoms with Gasteiger partial charge in [-0.15, -0.1) is 22.7 Å². The lowest BCUT2D eigenvalue weighted by Gasteiger charge is -2.35. The molecule has 0 aliphatic carbocycles. The molecule has 2 aromatic rings. The van der Waals surface area contributed by atoms with Crippen molar-refractivity contribution in [3.8, 4) is 0 Å². The molecule has 5 nitrogen and oxygen atoms in total. The monoisotopic (exact) mass is 377 g/mol. The van der Waals surface area contributed by atoms with Gasteiger partial charge in [0.2, 0.25) is 11.8 Å². The first-order chi connectivity index (χ1) is 12.0. The van der Waals surface area contributed by atoms with Crippen LogP contribution in [-0.2, 0) is 16.0 Å². The van der Waals surface area contributed by atoms with Crippen molar-refractivity contribution < 1.29 is 9.59 Å². The zero-order valence-corrected chi connectivity index (χ0v) is 16.4. The third kappa shape index (κ3) is 3.94. The summed E-state index contributed by atoms with van der Waals surface area (Å²) in [6.45, 7) is 1.30. The Morgan fingerprint density at radius 3 is 2.64 bits per heavy atom. The zero-order chi connectivity index (χ0) is 18.0. The second kappa shape index (κ2) is 7.68. The Morgan fingerprint density at radius 2 is 1.96 bits per heavy atom. The van der Waals surface area contributed by atoms with E-state index < -0.39 is 0 Å². The molecule has 0 N–H and O–H groups in total. The smallest absolute Gasteiger partial charge is 0.241 e. The van der Waals surface area contributed by atoms with Gasteiger partial charge in [-0.25, -0.2) is 0 Å². The van der Waals surface area contributed by atoms with Crippen LogP contribution in [0.15, 0.2) is 29.0 Å². The summed E-state index contributed by atoms with van der Waals surface area (Å²) in [5.41, 5.74) is 1.32. The van der Waals surface area contributed by atoms with Crippen molar-refractivity contribution >= 4 is 34.5 Å². The lowest BCUT2D eigenvalue weighted by Crippen LogP contribution is -2.45. The van der Waals surface area contributed by atoms with Crippen molar-refractivity contribution in [3.63, 3.8) is 0 Å². The van der Waals surface area contributed by atoms with Crippen LogP contribution >= 0.6 is 22.7 Å². The first kappa shape index (κ1) is 18.1. The standard InChI is InChI=1S/C18H23N3O2S2/c1-19(2)16(22)11-20(3)17(23)12-21-8-6-14-13(7-10-25-14)18(21)15-5-4-9-24-15/h4-5,7,9-10,18H,6,8,11-12H2,1-3H3/t18-/m0/s1. The predicted molar refractivity (Wildman–Crippen MR) is 102 cm³/mol. The number of carbonyl (C=O) groups is 2. The van der Waals surface area contributed by atoms with E-state index in [0.29, 0.717) is 6.54 Å². The van der Waals surface area contributed by atoms with Crippen molar-refractivity contribution in [3.05, 3.63) is 44.3 Å². The highest BCUT2D eigenvalue weighted by Crippen LogP contribution is 2.39. The highest BCUT2D eigenvalue weighted by Gasteiger charge is 2.32. The Balaban J connectivity index is 1.75. The molecule has 0 saturated carbocycles. The van der Waals surface area contributed by atoms with E-state index in [-0.39, 0.29) is 24.4 Å². The second-order valence-electron chi connectivity index (χ2n) is 6.48. The van der Waals surface area contributed by atoms with Gasteiger partial charge in [0.25, 0.3) is 0 Å². The van der Waals surface area contributed by atoms with Crippen molar-refractivity contribution in [1.29, 1.82) is 0 Å². The molecular weight excluding hydrogens is 354 g/mol. The van der Waals surface area contributed by atoms with Crippen LogP contribution in [0.3, 0.4) is 0 Å². The van der Waals surface area contributed by atoms with Crippen LogP contribution in [0.2, 0.25) is 0 Å². The molecule has 0 aromatic carbocycles. The molecule has 0 unspecified atom stereocenters. The van der Waals surface area contributed by atoms with Crippen LogP contribution in [0.5, 0.6) is 0 Å². The summed E-state index contributed by atoms with van der Waals surface area (Å²) in [6.07, 6.45) is 0.975. The lowest BCUT2D eigenvalue weighted by atomic mass is 9.98. The molecule has 2 amide bonds. The second-order valence-corrected chi connectivity index (χ2v) is 8.46. The summed E-state index contributed by atoms with van der Waals surface area (Å²) in [4.78, 5) is 32.5. The molecule has 1 aliphatic heterocycles. The van der Waals surface area contributed by atoms with Crippen molar-refractivity contribution in [1.82, 2.24) is 14.7 Å². The minimum Gasteiger partial charge on any atom is -0.347 e. The fraction of sp³-hybridized carbons (Fsp3) is 0.444. The molecule has 2 aromatic heterocycles. The van der Waals surface area contributed by atoms with Gasteiger partial charge in [0.15, 0.2) is 0 Å². The van der Waals surface area contributed by atoms with Crippen LogP contribution in [0.4, 0.5) is 0 Å². The Bertz CT molecular complexity index is 739. The molecule has 7 heteroatoms. The fourth-order valence-corrected chi connectivity index (χ4v) is 4.83. The van der Waals surface area contributed by atoms with E-state index >= 15 is 0 Å². The van der Waals surface area contributed by atoms with Gasteiger partial charge in [-0.3, -0.25) is 14.5 Å². The third-order valence-corrected chi connectivity index (χ3v) is 6.43. The number of carbonyl (C=O) groups excluding carboxylic acids is 2. The molecule has 0 spiro atoms. The normalized spacial score (nSPS) is 17.2. The summed E-state index contributed by atoms with van der Waals surface area (Å²) in [7, 11) is 5.11. The summed E-state index contributed by atoms with van der Waals surface area (Å²) in [5, 5.41) is 4.22. The number of thiophene rings is 2. The lowest BCUT2D eigenvalue weighted by molar-refractivity contribution is -0.138. The molecule has 1 atom stereocenters. The molecule has 0 radical (unpaired) electrons. The van der Waals surface area contributed by atoms with E-state index in [4.69, 9.17) is 0 Å². The van der Waals surface area contributed by atoms with Crippen LogP contribution < -0.4 is 0 Å². The van der Waals surface area contributed by atoms with E-state index in [1.807, 2.05) is 0 Å². The van der Waals surface area contributed by atoms with Crippen LogP contribution in [-0.4, -0.2) is 67.3 Å². The van der Waals surface area contributed by atoms with Gasteiger partial charge < -0.3 is 9.80 Å². The average Bonchev–Trinajstić information content (AvgIpc) is 3.25. The van der Waals surface area contributed by atoms with Gasteiger partial charge >= 0.3 is 0 Å². The van der Waals surface area contributed by atoms with Gasteiger partial charge in [0.1, 0.15) is 0 Å². The fourth-order valence-electron chi connectivity index (χ4n) is 3.05. The third-order valence-electron chi connectivity index (χ3n) is 4.51. The van der Waals surface area contributed by atoms with Gasteiger partial charge in [-0.05, 0) is 34.9 Å². The Kier molecular flexibility index (Phi) is 5.56. The first-order valence-electron chi connectivity index (χ1n) is 8.25. The van der Waals surface area contributed by atoms with Crippen LogP contribution in [0, 0.1) is 0 Å². The highest BCUT2D eigenvalue weighted by molar-refractivity contribution is 7.10. The maximum atomic E-state index is 12.7. The molecule has 134 valence electrons. The number of amides is 2. The van der Waals surface area contributed by atoms with Gasteiger partial charge in [-0.1, -0.05) is 6.07 Å². The number of rotatable bonds is 5. The molecule has 3 rings (SSSR count). The van der Waals surface area contributed by atoms with E-state index in [9.17, 15) is 9.59 Å². The zero-order valence-electron chi connectivity index (χ0n) is 14.8. The largest absolute Gasteiger partial charge is 0.347 e. The molecule has 0 saturated heterocycles. The van der Waals surface area contributed by atoms with E-state index in [1.54, 1.807) is 43.8 Å². The van der Waals surface area contributed by atoms with E-state index in [1.165, 1.54) is 25.1 Å². The molecule has 3 heterocycles. The minimum absolute atomic E-state index is 0.0181. The summed E-state index contributed by atoms with van der Waals surface area (Å²) in [5.74, 6) is -0.0835.